The van der Waals surface area contributed by atoms with Crippen molar-refractivity contribution in [1.29, 1.82) is 0 Å². The van der Waals surface area contributed by atoms with Crippen molar-refractivity contribution in [2.24, 2.45) is 5.41 Å². The lowest BCUT2D eigenvalue weighted by molar-refractivity contribution is -0.0381. The van der Waals surface area contributed by atoms with E-state index in [9.17, 15) is 0 Å². The van der Waals surface area contributed by atoms with Gasteiger partial charge in [-0.3, -0.25) is 4.90 Å². The number of rotatable bonds is 2. The molecule has 0 radical (unpaired) electrons. The predicted molar refractivity (Wildman–Crippen MR) is 74.3 cm³/mol. The van der Waals surface area contributed by atoms with Gasteiger partial charge in [-0.05, 0) is 45.1 Å². The smallest absolute Gasteiger partial charge is 0.0121 e. The van der Waals surface area contributed by atoms with E-state index in [4.69, 9.17) is 0 Å². The predicted octanol–water partition coefficient (Wildman–Crippen LogP) is 3.03. The van der Waals surface area contributed by atoms with Crippen molar-refractivity contribution < 1.29 is 0 Å². The third-order valence-corrected chi connectivity index (χ3v) is 5.14. The van der Waals surface area contributed by atoms with Crippen LogP contribution in [0.5, 0.6) is 0 Å². The van der Waals surface area contributed by atoms with E-state index in [0.717, 1.165) is 18.1 Å². The van der Waals surface area contributed by atoms with Gasteiger partial charge in [-0.15, -0.1) is 0 Å². The lowest BCUT2D eigenvalue weighted by Gasteiger charge is -2.54. The largest absolute Gasteiger partial charge is 0.317 e. The lowest BCUT2D eigenvalue weighted by Crippen LogP contribution is -2.61. The van der Waals surface area contributed by atoms with Gasteiger partial charge in [0.05, 0.1) is 0 Å². The SMILES string of the molecule is CNC1CC2CCCC(C1)N2C(C)C(C)(C)C. The fourth-order valence-corrected chi connectivity index (χ4v) is 3.73. The van der Waals surface area contributed by atoms with Crippen molar-refractivity contribution >= 4 is 0 Å². The molecule has 2 heterocycles. The van der Waals surface area contributed by atoms with E-state index in [1.165, 1.54) is 32.1 Å². The Morgan fingerprint density at radius 2 is 1.65 bits per heavy atom. The van der Waals surface area contributed by atoms with E-state index in [0.29, 0.717) is 11.5 Å². The van der Waals surface area contributed by atoms with Crippen molar-refractivity contribution in [3.05, 3.63) is 0 Å². The zero-order valence-electron chi connectivity index (χ0n) is 12.3. The van der Waals surface area contributed by atoms with Gasteiger partial charge in [0.15, 0.2) is 0 Å². The fraction of sp³-hybridized carbons (Fsp3) is 1.00. The van der Waals surface area contributed by atoms with Crippen molar-refractivity contribution in [2.75, 3.05) is 7.05 Å². The molecule has 17 heavy (non-hydrogen) atoms. The number of hydrogen-bond donors (Lipinski definition) is 1. The summed E-state index contributed by atoms with van der Waals surface area (Å²) in [5.74, 6) is 0. The average Bonchev–Trinajstić information content (AvgIpc) is 2.25. The monoisotopic (exact) mass is 238 g/mol. The van der Waals surface area contributed by atoms with Gasteiger partial charge in [0, 0.05) is 24.2 Å². The molecule has 1 N–H and O–H groups in total. The van der Waals surface area contributed by atoms with Crippen molar-refractivity contribution in [3.63, 3.8) is 0 Å². The number of fused-ring (bicyclic) bond motifs is 2. The van der Waals surface area contributed by atoms with Crippen LogP contribution in [0.25, 0.3) is 0 Å². The third-order valence-electron chi connectivity index (χ3n) is 5.14. The molecular weight excluding hydrogens is 208 g/mol. The van der Waals surface area contributed by atoms with Gasteiger partial charge in [-0.1, -0.05) is 27.2 Å². The zero-order chi connectivity index (χ0) is 12.6. The van der Waals surface area contributed by atoms with Crippen LogP contribution in [0.3, 0.4) is 0 Å². The second-order valence-corrected chi connectivity index (χ2v) is 7.18. The van der Waals surface area contributed by atoms with Gasteiger partial charge in [0.1, 0.15) is 0 Å². The molecule has 0 amide bonds. The average molecular weight is 238 g/mol. The first-order valence-electron chi connectivity index (χ1n) is 7.38. The Kier molecular flexibility index (Phi) is 3.84. The molecule has 0 aromatic rings. The summed E-state index contributed by atoms with van der Waals surface area (Å²) in [7, 11) is 2.13. The number of nitrogens with one attached hydrogen (secondary N) is 1. The molecule has 2 aliphatic rings. The number of nitrogens with zero attached hydrogens (tertiary/aromatic N) is 1. The van der Waals surface area contributed by atoms with Crippen molar-refractivity contribution in [2.45, 2.75) is 84.0 Å². The maximum absolute atomic E-state index is 3.50. The Morgan fingerprint density at radius 3 is 2.06 bits per heavy atom. The molecule has 0 spiro atoms. The summed E-state index contributed by atoms with van der Waals surface area (Å²) in [6.07, 6.45) is 6.98. The fourth-order valence-electron chi connectivity index (χ4n) is 3.73. The number of hydrogen-bond acceptors (Lipinski definition) is 2. The van der Waals surface area contributed by atoms with Gasteiger partial charge in [0.2, 0.25) is 0 Å². The second-order valence-electron chi connectivity index (χ2n) is 7.18. The minimum Gasteiger partial charge on any atom is -0.317 e. The van der Waals surface area contributed by atoms with E-state index in [2.05, 4.69) is 45.0 Å². The molecule has 3 unspecified atom stereocenters. The standard InChI is InChI=1S/C15H30N2/c1-11(15(2,3)4)17-13-7-6-8-14(17)10-12(9-13)16-5/h11-14,16H,6-10H2,1-5H3. The summed E-state index contributed by atoms with van der Waals surface area (Å²) in [5.41, 5.74) is 0.403. The van der Waals surface area contributed by atoms with Crippen LogP contribution in [-0.2, 0) is 0 Å². The highest BCUT2D eigenvalue weighted by Crippen LogP contribution is 2.39. The van der Waals surface area contributed by atoms with Crippen LogP contribution in [0, 0.1) is 5.41 Å². The third kappa shape index (κ3) is 2.68. The highest BCUT2D eigenvalue weighted by atomic mass is 15.2. The van der Waals surface area contributed by atoms with E-state index in [-0.39, 0.29) is 0 Å². The van der Waals surface area contributed by atoms with Crippen LogP contribution in [0.4, 0.5) is 0 Å². The van der Waals surface area contributed by atoms with Gasteiger partial charge in [-0.25, -0.2) is 0 Å². The highest BCUT2D eigenvalue weighted by molar-refractivity contribution is 4.98. The summed E-state index contributed by atoms with van der Waals surface area (Å²) < 4.78 is 0. The van der Waals surface area contributed by atoms with E-state index in [1.807, 2.05) is 0 Å². The molecule has 3 atom stereocenters. The molecule has 2 aliphatic heterocycles. The minimum atomic E-state index is 0.403. The van der Waals surface area contributed by atoms with E-state index < -0.39 is 0 Å². The summed E-state index contributed by atoms with van der Waals surface area (Å²) >= 11 is 0. The van der Waals surface area contributed by atoms with E-state index in [1.54, 1.807) is 0 Å². The van der Waals surface area contributed by atoms with Crippen LogP contribution in [-0.4, -0.2) is 36.1 Å². The number of piperidine rings is 2. The molecule has 0 aromatic heterocycles. The molecule has 2 bridgehead atoms. The quantitative estimate of drug-likeness (QED) is 0.795. The van der Waals surface area contributed by atoms with Gasteiger partial charge in [0.25, 0.3) is 0 Å². The molecule has 0 aliphatic carbocycles. The summed E-state index contributed by atoms with van der Waals surface area (Å²) in [5, 5.41) is 3.50. The van der Waals surface area contributed by atoms with Crippen LogP contribution < -0.4 is 5.32 Å². The van der Waals surface area contributed by atoms with Gasteiger partial charge >= 0.3 is 0 Å². The van der Waals surface area contributed by atoms with Gasteiger partial charge < -0.3 is 5.32 Å². The van der Waals surface area contributed by atoms with Crippen molar-refractivity contribution in [1.82, 2.24) is 10.2 Å². The lowest BCUT2D eigenvalue weighted by atomic mass is 9.76. The second kappa shape index (κ2) is 4.89. The normalized spacial score (nSPS) is 36.9. The van der Waals surface area contributed by atoms with Crippen LogP contribution in [0.1, 0.15) is 59.8 Å². The summed E-state index contributed by atoms with van der Waals surface area (Å²) in [6.45, 7) is 9.59. The molecular formula is C15H30N2. The Hall–Kier alpha value is -0.0800. The summed E-state index contributed by atoms with van der Waals surface area (Å²) in [6, 6.07) is 3.12. The van der Waals surface area contributed by atoms with Gasteiger partial charge in [-0.2, -0.15) is 0 Å². The maximum Gasteiger partial charge on any atom is 0.0121 e. The molecule has 0 aromatic carbocycles. The molecule has 2 rings (SSSR count). The maximum atomic E-state index is 3.50. The molecule has 2 saturated heterocycles. The Morgan fingerprint density at radius 1 is 1.12 bits per heavy atom. The van der Waals surface area contributed by atoms with Crippen molar-refractivity contribution in [3.8, 4) is 0 Å². The first-order valence-corrected chi connectivity index (χ1v) is 7.38. The Bertz CT molecular complexity index is 242. The summed E-state index contributed by atoms with van der Waals surface area (Å²) in [4.78, 5) is 2.86. The molecule has 2 nitrogen and oxygen atoms in total. The topological polar surface area (TPSA) is 15.3 Å². The highest BCUT2D eigenvalue weighted by Gasteiger charge is 2.42. The minimum absolute atomic E-state index is 0.403. The molecule has 100 valence electrons. The van der Waals surface area contributed by atoms with E-state index >= 15 is 0 Å². The molecule has 2 heteroatoms. The van der Waals surface area contributed by atoms with Crippen LogP contribution in [0.15, 0.2) is 0 Å². The zero-order valence-corrected chi connectivity index (χ0v) is 12.3. The Balaban J connectivity index is 2.13. The molecule has 2 fully saturated rings. The Labute approximate surface area is 107 Å². The first kappa shape index (κ1) is 13.4. The first-order chi connectivity index (χ1) is 7.93. The molecule has 0 saturated carbocycles. The van der Waals surface area contributed by atoms with Crippen LogP contribution >= 0.6 is 0 Å². The van der Waals surface area contributed by atoms with Crippen LogP contribution in [0.2, 0.25) is 0 Å².